The zero-order valence-electron chi connectivity index (χ0n) is 7.04. The fourth-order valence-corrected chi connectivity index (χ4v) is 1.30. The van der Waals surface area contributed by atoms with E-state index >= 15 is 0 Å². The Morgan fingerprint density at radius 1 is 1.33 bits per heavy atom. The summed E-state index contributed by atoms with van der Waals surface area (Å²) in [4.78, 5) is 14.0. The minimum Gasteiger partial charge on any atom is -0.506 e. The molecule has 0 aliphatic rings. The minimum atomic E-state index is -0.497. The van der Waals surface area contributed by atoms with Crippen LogP contribution in [0.3, 0.4) is 0 Å². The maximum absolute atomic E-state index is 10.6. The Morgan fingerprint density at radius 2 is 2.07 bits per heavy atom. The zero-order chi connectivity index (χ0) is 10.1. The maximum atomic E-state index is 10.6. The fraction of sp³-hybridized carbons (Fsp3) is 0. The van der Waals surface area contributed by atoms with Crippen molar-refractivity contribution >= 4 is 39.6 Å². The maximum Gasteiger partial charge on any atom is 0.316 e. The van der Waals surface area contributed by atoms with Gasteiger partial charge in [-0.25, -0.2) is 0 Å². The summed E-state index contributed by atoms with van der Waals surface area (Å²) in [6, 6.07) is 5.68. The first-order valence-electron chi connectivity index (χ1n) is 3.91. The fourth-order valence-electron chi connectivity index (χ4n) is 1.30. The molecule has 1 aromatic heterocycles. The van der Waals surface area contributed by atoms with Crippen molar-refractivity contribution in [2.45, 2.75) is 0 Å². The number of aromatic nitrogens is 1. The molecule has 1 aromatic carbocycles. The number of hydrogen-bond donors (Lipinski definition) is 1. The summed E-state index contributed by atoms with van der Waals surface area (Å²) in [7, 11) is 0. The largest absolute Gasteiger partial charge is 0.506 e. The first kappa shape index (κ1) is 11.7. The molecule has 2 rings (SSSR count). The molecule has 0 atom stereocenters. The highest BCUT2D eigenvalue weighted by Crippen LogP contribution is 2.29. The molecule has 1 heterocycles. The van der Waals surface area contributed by atoms with Crippen LogP contribution in [-0.2, 0) is 0 Å². The lowest BCUT2D eigenvalue weighted by molar-refractivity contribution is -0.383. The molecule has 0 unspecified atom stereocenters. The number of non-ortho nitro benzene ring substituents is 1. The van der Waals surface area contributed by atoms with Gasteiger partial charge >= 0.3 is 23.1 Å². The van der Waals surface area contributed by atoms with Gasteiger partial charge in [-0.15, -0.1) is 0 Å². The highest BCUT2D eigenvalue weighted by Gasteiger charge is 2.13. The van der Waals surface area contributed by atoms with Crippen LogP contribution in [0.4, 0.5) is 5.69 Å². The van der Waals surface area contributed by atoms with Crippen molar-refractivity contribution in [2.75, 3.05) is 0 Å². The van der Waals surface area contributed by atoms with E-state index in [9.17, 15) is 15.2 Å². The summed E-state index contributed by atoms with van der Waals surface area (Å²) in [5, 5.41) is 20.4. The molecule has 0 aliphatic carbocycles. The lowest BCUT2D eigenvalue weighted by Crippen LogP contribution is -1.90. The van der Waals surface area contributed by atoms with Gasteiger partial charge in [-0.3, -0.25) is 15.1 Å². The number of nitro benzene ring substituents is 1. The second kappa shape index (κ2) is 4.41. The average Bonchev–Trinajstić information content (AvgIpc) is 2.18. The van der Waals surface area contributed by atoms with Crippen LogP contribution in [0.5, 0.6) is 5.75 Å². The number of benzene rings is 1. The second-order valence-electron chi connectivity index (χ2n) is 2.76. The van der Waals surface area contributed by atoms with Crippen LogP contribution in [0, 0.1) is 10.1 Å². The number of pyridine rings is 1. The van der Waals surface area contributed by atoms with Gasteiger partial charge in [0, 0.05) is 12.3 Å². The molecule has 2 aromatic rings. The SMILES string of the molecule is O=[N+]([O-])c1ccc(O)c2ncccc12.[MgH2]. The first-order chi connectivity index (χ1) is 6.70. The Bertz CT molecular complexity index is 516. The van der Waals surface area contributed by atoms with E-state index in [1.54, 1.807) is 12.1 Å². The third kappa shape index (κ3) is 2.00. The summed E-state index contributed by atoms with van der Waals surface area (Å²) >= 11 is 0. The van der Waals surface area contributed by atoms with Crippen LogP contribution in [0.25, 0.3) is 10.9 Å². The number of rotatable bonds is 1. The third-order valence-corrected chi connectivity index (χ3v) is 1.92. The summed E-state index contributed by atoms with van der Waals surface area (Å²) in [5.41, 5.74) is 0.201. The van der Waals surface area contributed by atoms with Crippen LogP contribution in [0.1, 0.15) is 0 Å². The summed E-state index contributed by atoms with van der Waals surface area (Å²) in [5.74, 6) is -0.0498. The molecule has 0 fully saturated rings. The number of aromatic hydroxyl groups is 1. The van der Waals surface area contributed by atoms with Crippen molar-refractivity contribution in [3.63, 3.8) is 0 Å². The van der Waals surface area contributed by atoms with E-state index in [0.717, 1.165) is 0 Å². The van der Waals surface area contributed by atoms with Crippen LogP contribution in [0.15, 0.2) is 30.5 Å². The van der Waals surface area contributed by atoms with Gasteiger partial charge in [0.25, 0.3) is 5.69 Å². The highest BCUT2D eigenvalue weighted by atomic mass is 24.3. The molecule has 1 N–H and O–H groups in total. The quantitative estimate of drug-likeness (QED) is 0.437. The number of phenolic OH excluding ortho intramolecular Hbond substituents is 1. The van der Waals surface area contributed by atoms with E-state index in [2.05, 4.69) is 4.98 Å². The van der Waals surface area contributed by atoms with Crippen molar-refractivity contribution in [3.05, 3.63) is 40.6 Å². The molecular formula is C9H8MgN2O3. The van der Waals surface area contributed by atoms with E-state index in [1.807, 2.05) is 0 Å². The molecular weight excluding hydrogens is 208 g/mol. The van der Waals surface area contributed by atoms with E-state index < -0.39 is 4.92 Å². The lowest BCUT2D eigenvalue weighted by atomic mass is 10.2. The van der Waals surface area contributed by atoms with Gasteiger partial charge in [0.05, 0.1) is 10.3 Å². The van der Waals surface area contributed by atoms with Crippen molar-refractivity contribution in [3.8, 4) is 5.75 Å². The van der Waals surface area contributed by atoms with Gasteiger partial charge in [-0.2, -0.15) is 0 Å². The van der Waals surface area contributed by atoms with Gasteiger partial charge in [0.1, 0.15) is 11.3 Å². The summed E-state index contributed by atoms with van der Waals surface area (Å²) in [6.45, 7) is 0. The third-order valence-electron chi connectivity index (χ3n) is 1.92. The Kier molecular flexibility index (Phi) is 3.43. The number of nitro groups is 1. The van der Waals surface area contributed by atoms with Crippen molar-refractivity contribution in [1.82, 2.24) is 4.98 Å². The summed E-state index contributed by atoms with van der Waals surface area (Å²) < 4.78 is 0. The van der Waals surface area contributed by atoms with Crippen LogP contribution in [0.2, 0.25) is 0 Å². The van der Waals surface area contributed by atoms with Gasteiger partial charge in [-0.05, 0) is 18.2 Å². The van der Waals surface area contributed by atoms with Crippen LogP contribution < -0.4 is 0 Å². The Morgan fingerprint density at radius 3 is 2.73 bits per heavy atom. The van der Waals surface area contributed by atoms with Crippen molar-refractivity contribution in [1.29, 1.82) is 0 Å². The molecule has 6 heteroatoms. The van der Waals surface area contributed by atoms with E-state index in [1.165, 1.54) is 18.3 Å². The monoisotopic (exact) mass is 216 g/mol. The minimum absolute atomic E-state index is 0. The lowest BCUT2D eigenvalue weighted by Gasteiger charge is -1.99. The predicted octanol–water partition coefficient (Wildman–Crippen LogP) is 0.932. The predicted molar refractivity (Wildman–Crippen MR) is 58.6 cm³/mol. The zero-order valence-corrected chi connectivity index (χ0v) is 7.04. The Balaban J connectivity index is 0.00000112. The molecule has 0 amide bonds. The molecule has 5 nitrogen and oxygen atoms in total. The topological polar surface area (TPSA) is 76.3 Å². The van der Waals surface area contributed by atoms with Gasteiger partial charge in [-0.1, -0.05) is 0 Å². The normalized spacial score (nSPS) is 9.60. The Hall–Kier alpha value is -1.40. The number of nitrogens with zero attached hydrogens (tertiary/aromatic N) is 2. The van der Waals surface area contributed by atoms with E-state index in [4.69, 9.17) is 0 Å². The molecule has 0 radical (unpaired) electrons. The standard InChI is InChI=1S/C9H6N2O3.Mg.2H/c12-8-4-3-7(11(13)14)6-2-1-5-10-9(6)8;;;/h1-5,12H;;;. The number of phenols is 1. The van der Waals surface area contributed by atoms with Crippen molar-refractivity contribution in [2.24, 2.45) is 0 Å². The highest BCUT2D eigenvalue weighted by molar-refractivity contribution is 5.91. The Labute approximate surface area is 101 Å². The number of hydrogen-bond acceptors (Lipinski definition) is 4. The molecule has 0 bridgehead atoms. The smallest absolute Gasteiger partial charge is 0.316 e. The van der Waals surface area contributed by atoms with Crippen LogP contribution >= 0.6 is 0 Å². The van der Waals surface area contributed by atoms with E-state index in [-0.39, 0.29) is 40.0 Å². The number of fused-ring (bicyclic) bond motifs is 1. The first-order valence-corrected chi connectivity index (χ1v) is 3.91. The summed E-state index contributed by atoms with van der Waals surface area (Å²) in [6.07, 6.45) is 1.48. The second-order valence-corrected chi connectivity index (χ2v) is 2.76. The molecule has 0 saturated carbocycles. The average molecular weight is 216 g/mol. The molecule has 0 saturated heterocycles. The van der Waals surface area contributed by atoms with Gasteiger partial charge < -0.3 is 5.11 Å². The van der Waals surface area contributed by atoms with Crippen molar-refractivity contribution < 1.29 is 10.0 Å². The molecule has 0 spiro atoms. The van der Waals surface area contributed by atoms with Gasteiger partial charge in [0.2, 0.25) is 0 Å². The van der Waals surface area contributed by atoms with Crippen LogP contribution in [-0.4, -0.2) is 38.1 Å². The molecule has 0 aliphatic heterocycles. The van der Waals surface area contributed by atoms with E-state index in [0.29, 0.717) is 5.39 Å². The van der Waals surface area contributed by atoms with Gasteiger partial charge in [0.15, 0.2) is 0 Å². The molecule has 15 heavy (non-hydrogen) atoms. The molecule has 74 valence electrons.